The molecule has 0 saturated carbocycles. The van der Waals surface area contributed by atoms with Gasteiger partial charge in [0.25, 0.3) is 5.91 Å². The Hall–Kier alpha value is -2.40. The Balaban J connectivity index is 1.86. The van der Waals surface area contributed by atoms with Gasteiger partial charge >= 0.3 is 0 Å². The number of carbonyl (C=O) groups is 1. The van der Waals surface area contributed by atoms with Crippen LogP contribution in [0.2, 0.25) is 10.0 Å². The van der Waals surface area contributed by atoms with E-state index in [0.29, 0.717) is 32.8 Å². The van der Waals surface area contributed by atoms with Crippen LogP contribution in [-0.4, -0.2) is 11.7 Å². The number of hydrogen-bond acceptors (Lipinski definition) is 3. The topological polar surface area (TPSA) is 32.7 Å². The minimum absolute atomic E-state index is 0.198. The van der Waals surface area contributed by atoms with Gasteiger partial charge in [-0.15, -0.1) is 11.3 Å². The van der Waals surface area contributed by atoms with Crippen molar-refractivity contribution < 1.29 is 4.79 Å². The molecule has 128 valence electrons. The van der Waals surface area contributed by atoms with Crippen molar-refractivity contribution in [2.45, 2.75) is 0 Å². The first-order valence-electron chi connectivity index (χ1n) is 7.82. The molecule has 3 nitrogen and oxygen atoms in total. The summed E-state index contributed by atoms with van der Waals surface area (Å²) in [4.78, 5) is 20.2. The molecule has 2 aromatic carbocycles. The van der Waals surface area contributed by atoms with E-state index in [-0.39, 0.29) is 5.91 Å². The number of benzene rings is 2. The van der Waals surface area contributed by atoms with Gasteiger partial charge in [-0.05, 0) is 53.9 Å². The lowest BCUT2D eigenvalue weighted by Gasteiger charge is -2.19. The number of nitrogens with zero attached hydrogens (tertiary/aromatic N) is 2. The highest BCUT2D eigenvalue weighted by atomic mass is 35.5. The second-order valence-electron chi connectivity index (χ2n) is 5.58. The van der Waals surface area contributed by atoms with E-state index in [9.17, 15) is 4.79 Å². The summed E-state index contributed by atoms with van der Waals surface area (Å²) in [5.74, 6) is 0.307. The highest BCUT2D eigenvalue weighted by molar-refractivity contribution is 7.10. The highest BCUT2D eigenvalue weighted by Gasteiger charge is 2.33. The maximum absolute atomic E-state index is 13.1. The van der Waals surface area contributed by atoms with E-state index >= 15 is 0 Å². The number of rotatable bonds is 3. The molecule has 3 aromatic rings. The van der Waals surface area contributed by atoms with Crippen LogP contribution in [0.5, 0.6) is 0 Å². The molecule has 4 rings (SSSR count). The van der Waals surface area contributed by atoms with Crippen molar-refractivity contribution in [1.29, 1.82) is 0 Å². The van der Waals surface area contributed by atoms with Gasteiger partial charge in [0.2, 0.25) is 0 Å². The van der Waals surface area contributed by atoms with Crippen molar-refractivity contribution in [2.75, 3.05) is 4.90 Å². The zero-order valence-corrected chi connectivity index (χ0v) is 15.7. The number of amidine groups is 1. The Morgan fingerprint density at radius 3 is 2.42 bits per heavy atom. The van der Waals surface area contributed by atoms with Gasteiger partial charge in [0.15, 0.2) is 0 Å². The van der Waals surface area contributed by atoms with Gasteiger partial charge < -0.3 is 0 Å². The first-order chi connectivity index (χ1) is 12.6. The summed E-state index contributed by atoms with van der Waals surface area (Å²) in [6.45, 7) is 0. The van der Waals surface area contributed by atoms with Crippen LogP contribution in [0, 0.1) is 0 Å². The summed E-state index contributed by atoms with van der Waals surface area (Å²) >= 11 is 13.9. The summed E-state index contributed by atoms with van der Waals surface area (Å²) < 4.78 is 0. The predicted octanol–water partition coefficient (Wildman–Crippen LogP) is 5.89. The molecule has 0 bridgehead atoms. The van der Waals surface area contributed by atoms with Crippen molar-refractivity contribution in [3.8, 4) is 0 Å². The van der Waals surface area contributed by atoms with Crippen molar-refractivity contribution in [2.24, 2.45) is 4.99 Å². The third-order valence-corrected chi connectivity index (χ3v) is 5.28. The third-order valence-electron chi connectivity index (χ3n) is 3.88. The molecule has 1 aliphatic rings. The lowest BCUT2D eigenvalue weighted by molar-refractivity contribution is -0.113. The van der Waals surface area contributed by atoms with Crippen LogP contribution >= 0.6 is 34.5 Å². The van der Waals surface area contributed by atoms with E-state index < -0.39 is 0 Å². The third kappa shape index (κ3) is 3.19. The molecule has 6 heteroatoms. The van der Waals surface area contributed by atoms with Gasteiger partial charge in [0, 0.05) is 15.5 Å². The Kier molecular flexibility index (Phi) is 4.64. The molecule has 0 spiro atoms. The first-order valence-corrected chi connectivity index (χ1v) is 9.46. The van der Waals surface area contributed by atoms with Crippen LogP contribution in [0.1, 0.15) is 10.4 Å². The smallest absolute Gasteiger partial charge is 0.266 e. The van der Waals surface area contributed by atoms with Gasteiger partial charge in [0.1, 0.15) is 11.5 Å². The predicted molar refractivity (Wildman–Crippen MR) is 109 cm³/mol. The fourth-order valence-electron chi connectivity index (χ4n) is 2.68. The number of amides is 1. The minimum Gasteiger partial charge on any atom is -0.266 e. The zero-order chi connectivity index (χ0) is 18.1. The second-order valence-corrected chi connectivity index (χ2v) is 7.40. The van der Waals surface area contributed by atoms with E-state index in [1.54, 1.807) is 52.6 Å². The number of thiophene rings is 1. The molecule has 1 aromatic heterocycles. The Labute approximate surface area is 164 Å². The second kappa shape index (κ2) is 7.08. The highest BCUT2D eigenvalue weighted by Crippen LogP contribution is 2.31. The Morgan fingerprint density at radius 2 is 1.73 bits per heavy atom. The molecule has 0 N–H and O–H groups in total. The van der Waals surface area contributed by atoms with Crippen LogP contribution in [0.3, 0.4) is 0 Å². The molecule has 2 heterocycles. The van der Waals surface area contributed by atoms with Gasteiger partial charge in [-0.25, -0.2) is 4.99 Å². The van der Waals surface area contributed by atoms with E-state index in [2.05, 4.69) is 4.99 Å². The summed E-state index contributed by atoms with van der Waals surface area (Å²) in [6, 6.07) is 18.3. The minimum atomic E-state index is -0.198. The number of hydrogen-bond donors (Lipinski definition) is 0. The van der Waals surface area contributed by atoms with Crippen molar-refractivity contribution in [3.63, 3.8) is 0 Å². The van der Waals surface area contributed by atoms with Gasteiger partial charge in [0.05, 0.1) is 10.7 Å². The van der Waals surface area contributed by atoms with Crippen molar-refractivity contribution >= 4 is 58.0 Å². The zero-order valence-electron chi connectivity index (χ0n) is 13.4. The van der Waals surface area contributed by atoms with E-state index in [0.717, 1.165) is 4.88 Å². The normalized spacial score (nSPS) is 15.6. The molecule has 1 amide bonds. The number of anilines is 1. The molecule has 0 fully saturated rings. The maximum atomic E-state index is 13.1. The average Bonchev–Trinajstić information content (AvgIpc) is 3.26. The van der Waals surface area contributed by atoms with Crippen molar-refractivity contribution in [3.05, 3.63) is 92.2 Å². The quantitative estimate of drug-likeness (QED) is 0.506. The van der Waals surface area contributed by atoms with E-state index in [1.807, 2.05) is 35.7 Å². The Morgan fingerprint density at radius 1 is 0.962 bits per heavy atom. The molecule has 0 atom stereocenters. The summed E-state index contributed by atoms with van der Waals surface area (Å²) in [5, 5.41) is 3.10. The molecule has 1 aliphatic heterocycles. The van der Waals surface area contributed by atoms with Crippen LogP contribution in [0.25, 0.3) is 6.08 Å². The SMILES string of the molecule is O=C1/C(=C\c2cccs2)N=C(c2ccccc2Cl)N1c1ccc(Cl)cc1. The lowest BCUT2D eigenvalue weighted by Crippen LogP contribution is -2.32. The maximum Gasteiger partial charge on any atom is 0.282 e. The first kappa shape index (κ1) is 17.0. The van der Waals surface area contributed by atoms with Gasteiger partial charge in [-0.1, -0.05) is 41.4 Å². The van der Waals surface area contributed by atoms with Crippen LogP contribution in [0.4, 0.5) is 5.69 Å². The molecular weight excluding hydrogens is 387 g/mol. The molecule has 0 saturated heterocycles. The average molecular weight is 399 g/mol. The van der Waals surface area contributed by atoms with Crippen LogP contribution in [-0.2, 0) is 4.79 Å². The van der Waals surface area contributed by atoms with Crippen LogP contribution in [0.15, 0.2) is 76.7 Å². The standard InChI is InChI=1S/C20H12Cl2N2OS/c21-13-7-9-14(10-8-13)24-19(16-5-1-2-6-17(16)22)23-18(20(24)25)12-15-4-3-11-26-15/h1-12H/b18-12+. The molecule has 26 heavy (non-hydrogen) atoms. The number of halogens is 2. The Bertz CT molecular complexity index is 1020. The lowest BCUT2D eigenvalue weighted by atomic mass is 10.1. The fraction of sp³-hybridized carbons (Fsp3) is 0. The molecule has 0 unspecified atom stereocenters. The summed E-state index contributed by atoms with van der Waals surface area (Å²) in [6.07, 6.45) is 1.79. The monoisotopic (exact) mass is 398 g/mol. The van der Waals surface area contributed by atoms with Crippen LogP contribution < -0.4 is 4.90 Å². The van der Waals surface area contributed by atoms with Gasteiger partial charge in [-0.3, -0.25) is 9.69 Å². The van der Waals surface area contributed by atoms with E-state index in [1.165, 1.54) is 0 Å². The van der Waals surface area contributed by atoms with Gasteiger partial charge in [-0.2, -0.15) is 0 Å². The molecule has 0 aliphatic carbocycles. The largest absolute Gasteiger partial charge is 0.282 e. The molecular formula is C20H12Cl2N2OS. The summed E-state index contributed by atoms with van der Waals surface area (Å²) in [5.41, 5.74) is 1.76. The summed E-state index contributed by atoms with van der Waals surface area (Å²) in [7, 11) is 0. The number of carbonyl (C=O) groups excluding carboxylic acids is 1. The fourth-order valence-corrected chi connectivity index (χ4v) is 3.68. The van der Waals surface area contributed by atoms with Crippen molar-refractivity contribution in [1.82, 2.24) is 0 Å². The molecule has 0 radical (unpaired) electrons. The number of aliphatic imine (C=N–C) groups is 1. The van der Waals surface area contributed by atoms with E-state index in [4.69, 9.17) is 23.2 Å².